The minimum Gasteiger partial charge on any atom is -0.333 e. The predicted octanol–water partition coefficient (Wildman–Crippen LogP) is 6.77. The lowest BCUT2D eigenvalue weighted by molar-refractivity contribution is -0.127. The van der Waals surface area contributed by atoms with Gasteiger partial charge in [0, 0.05) is 43.3 Å². The van der Waals surface area contributed by atoms with Crippen molar-refractivity contribution >= 4 is 11.6 Å². The monoisotopic (exact) mass is 511 g/mol. The number of carbonyl (C=O) groups excluding carboxylic acids is 1. The van der Waals surface area contributed by atoms with Crippen molar-refractivity contribution in [3.63, 3.8) is 0 Å². The number of aromatic nitrogens is 2. The average Bonchev–Trinajstić information content (AvgIpc) is 3.36. The Hall–Kier alpha value is -2.52. The molecule has 1 aromatic carbocycles. The van der Waals surface area contributed by atoms with Crippen molar-refractivity contribution in [1.29, 1.82) is 0 Å². The summed E-state index contributed by atoms with van der Waals surface area (Å²) in [6.07, 6.45) is 3.75. The molecule has 2 aromatic rings. The molecule has 0 N–H and O–H groups in total. The Kier molecular flexibility index (Phi) is 6.15. The highest BCUT2D eigenvalue weighted by atomic mass is 19.3. The van der Waals surface area contributed by atoms with E-state index in [1.165, 1.54) is 12.1 Å². The molecule has 4 aliphatic rings. The topological polar surface area (TPSA) is 59.2 Å². The van der Waals surface area contributed by atoms with Gasteiger partial charge in [-0.05, 0) is 75.0 Å². The predicted molar refractivity (Wildman–Crippen MR) is 121 cm³/mol. The molecule has 1 aromatic heterocycles. The number of carbonyl (C=O) groups is 1. The Labute approximate surface area is 206 Å². The molecule has 0 unspecified atom stereocenters. The maximum absolute atomic E-state index is 14.1. The number of alkyl halides is 4. The summed E-state index contributed by atoms with van der Waals surface area (Å²) in [5, 5.41) is 3.88. The van der Waals surface area contributed by atoms with E-state index in [1.807, 2.05) is 0 Å². The summed E-state index contributed by atoms with van der Waals surface area (Å²) >= 11 is 0. The van der Waals surface area contributed by atoms with Crippen LogP contribution in [0.15, 0.2) is 28.8 Å². The molecule has 10 heteroatoms. The van der Waals surface area contributed by atoms with Crippen molar-refractivity contribution in [2.45, 2.75) is 88.4 Å². The number of hydrogen-bond donors (Lipinski definition) is 0. The van der Waals surface area contributed by atoms with Crippen LogP contribution >= 0.6 is 0 Å². The van der Waals surface area contributed by atoms with E-state index in [0.717, 1.165) is 26.2 Å². The summed E-state index contributed by atoms with van der Waals surface area (Å²) in [4.78, 5) is 19.2. The number of benzene rings is 1. The highest BCUT2D eigenvalue weighted by molar-refractivity contribution is 5.95. The van der Waals surface area contributed by atoms with Crippen LogP contribution in [-0.2, 0) is 16.1 Å². The van der Waals surface area contributed by atoms with E-state index >= 15 is 0 Å². The molecule has 5 nitrogen and oxygen atoms in total. The number of hydrogen-bond acceptors (Lipinski definition) is 4. The van der Waals surface area contributed by atoms with Gasteiger partial charge in [-0.15, -0.1) is 0 Å². The number of fused-ring (bicyclic) bond motifs is 3. The maximum atomic E-state index is 14.1. The zero-order valence-corrected chi connectivity index (χ0v) is 20.2. The van der Waals surface area contributed by atoms with Crippen LogP contribution in [0.1, 0.15) is 82.8 Å². The number of nitrogens with zero attached hydrogens (tertiary/aromatic N) is 3. The molecule has 0 radical (unpaired) electrons. The van der Waals surface area contributed by atoms with Gasteiger partial charge in [0.05, 0.1) is 0 Å². The Morgan fingerprint density at radius 1 is 1.08 bits per heavy atom. The van der Waals surface area contributed by atoms with Crippen molar-refractivity contribution in [2.75, 3.05) is 11.4 Å². The zero-order valence-electron chi connectivity index (χ0n) is 20.2. The summed E-state index contributed by atoms with van der Waals surface area (Å²) in [6.45, 7) is 1.09. The van der Waals surface area contributed by atoms with Gasteiger partial charge in [0.1, 0.15) is 5.82 Å². The first-order valence-electron chi connectivity index (χ1n) is 12.6. The van der Waals surface area contributed by atoms with Crippen molar-refractivity contribution < 1.29 is 31.3 Å². The van der Waals surface area contributed by atoms with Gasteiger partial charge < -0.3 is 9.42 Å². The van der Waals surface area contributed by atoms with Crippen LogP contribution in [0, 0.1) is 17.2 Å². The minimum absolute atomic E-state index is 0.107. The first-order valence-corrected chi connectivity index (χ1v) is 12.6. The maximum Gasteiger partial charge on any atom is 0.322 e. The van der Waals surface area contributed by atoms with E-state index in [1.54, 1.807) is 17.0 Å². The lowest BCUT2D eigenvalue weighted by Crippen LogP contribution is -2.52. The van der Waals surface area contributed by atoms with E-state index in [0.29, 0.717) is 37.3 Å². The van der Waals surface area contributed by atoms with Crippen molar-refractivity contribution in [1.82, 2.24) is 10.1 Å². The standard InChI is InChI=1S/C26H30F5N3O2/c1-23(28,29)22-32-21(33-36-22)25-12-9-24(10-13-25,11-14-25)16-34(19-4-2-3-18(27)15-19)20(35)17-5-7-26(30,31)8-6-17/h2-4,15,17H,5-14,16H2,1H3. The first-order chi connectivity index (χ1) is 16.9. The summed E-state index contributed by atoms with van der Waals surface area (Å²) in [7, 11) is 0. The largest absolute Gasteiger partial charge is 0.333 e. The normalized spacial score (nSPS) is 28.3. The molecule has 1 amide bonds. The van der Waals surface area contributed by atoms with Gasteiger partial charge in [-0.25, -0.2) is 13.2 Å². The summed E-state index contributed by atoms with van der Waals surface area (Å²) < 4.78 is 73.7. The van der Waals surface area contributed by atoms with Gasteiger partial charge in [0.25, 0.3) is 5.89 Å². The van der Waals surface area contributed by atoms with Crippen LogP contribution in [0.2, 0.25) is 0 Å². The zero-order chi connectivity index (χ0) is 25.8. The first kappa shape index (κ1) is 25.1. The van der Waals surface area contributed by atoms with Gasteiger partial charge in [-0.1, -0.05) is 11.2 Å². The average molecular weight is 512 g/mol. The van der Waals surface area contributed by atoms with Crippen LogP contribution in [0.5, 0.6) is 0 Å². The fraction of sp³-hybridized carbons (Fsp3) is 0.654. The number of rotatable bonds is 6. The number of amides is 1. The van der Waals surface area contributed by atoms with Gasteiger partial charge in [-0.2, -0.15) is 13.8 Å². The van der Waals surface area contributed by atoms with E-state index in [-0.39, 0.29) is 37.0 Å². The molecular weight excluding hydrogens is 481 g/mol. The lowest BCUT2D eigenvalue weighted by Gasteiger charge is -2.53. The van der Waals surface area contributed by atoms with Crippen LogP contribution in [0.4, 0.5) is 27.6 Å². The van der Waals surface area contributed by atoms with Crippen molar-refractivity contribution in [3.05, 3.63) is 41.8 Å². The molecular formula is C26H30F5N3O2. The third kappa shape index (κ3) is 4.75. The molecule has 4 fully saturated rings. The van der Waals surface area contributed by atoms with Gasteiger partial charge in [0.2, 0.25) is 11.8 Å². The Morgan fingerprint density at radius 3 is 2.28 bits per heavy atom. The molecule has 0 atom stereocenters. The number of halogens is 5. The second-order valence-electron chi connectivity index (χ2n) is 11.1. The molecule has 1 heterocycles. The van der Waals surface area contributed by atoms with E-state index in [9.17, 15) is 26.7 Å². The molecule has 0 aliphatic heterocycles. The molecule has 0 saturated heterocycles. The van der Waals surface area contributed by atoms with E-state index in [2.05, 4.69) is 10.1 Å². The SMILES string of the molecule is CC(F)(F)c1nc(C23CCC(CN(C(=O)C4CCC(F)(F)CC4)c4cccc(F)c4)(CC2)CC3)no1. The smallest absolute Gasteiger partial charge is 0.322 e. The van der Waals surface area contributed by atoms with Crippen LogP contribution in [0.3, 0.4) is 0 Å². The quantitative estimate of drug-likeness (QED) is 0.402. The Balaban J connectivity index is 1.35. The number of anilines is 1. The van der Waals surface area contributed by atoms with Crippen LogP contribution < -0.4 is 4.90 Å². The summed E-state index contributed by atoms with van der Waals surface area (Å²) in [5.41, 5.74) is -0.233. The van der Waals surface area contributed by atoms with Crippen LogP contribution in [-0.4, -0.2) is 28.5 Å². The highest BCUT2D eigenvalue weighted by Gasteiger charge is 2.53. The fourth-order valence-corrected chi connectivity index (χ4v) is 6.24. The van der Waals surface area contributed by atoms with Gasteiger partial charge in [-0.3, -0.25) is 4.79 Å². The fourth-order valence-electron chi connectivity index (χ4n) is 6.24. The van der Waals surface area contributed by atoms with Crippen molar-refractivity contribution in [2.24, 2.45) is 11.3 Å². The molecule has 196 valence electrons. The van der Waals surface area contributed by atoms with Crippen molar-refractivity contribution in [3.8, 4) is 0 Å². The molecule has 2 bridgehead atoms. The third-order valence-corrected chi connectivity index (χ3v) is 8.62. The Morgan fingerprint density at radius 2 is 1.72 bits per heavy atom. The van der Waals surface area contributed by atoms with E-state index in [4.69, 9.17) is 4.52 Å². The molecule has 36 heavy (non-hydrogen) atoms. The second kappa shape index (κ2) is 8.80. The van der Waals surface area contributed by atoms with Crippen LogP contribution in [0.25, 0.3) is 0 Å². The summed E-state index contributed by atoms with van der Waals surface area (Å²) in [6, 6.07) is 5.84. The second-order valence-corrected chi connectivity index (χ2v) is 11.1. The van der Waals surface area contributed by atoms with Gasteiger partial charge >= 0.3 is 5.92 Å². The molecule has 0 spiro atoms. The lowest BCUT2D eigenvalue weighted by atomic mass is 9.53. The van der Waals surface area contributed by atoms with Gasteiger partial charge in [0.15, 0.2) is 5.82 Å². The molecule has 4 aliphatic carbocycles. The molecule has 6 rings (SSSR count). The Bertz CT molecular complexity index is 1090. The minimum atomic E-state index is -3.20. The molecule has 4 saturated carbocycles. The van der Waals surface area contributed by atoms with E-state index < -0.39 is 34.9 Å². The highest BCUT2D eigenvalue weighted by Crippen LogP contribution is 2.58. The third-order valence-electron chi connectivity index (χ3n) is 8.62. The summed E-state index contributed by atoms with van der Waals surface area (Å²) in [5.74, 6) is -7.55.